The molecule has 0 spiro atoms. The number of amides is 1. The van der Waals surface area contributed by atoms with Crippen molar-refractivity contribution in [3.8, 4) is 0 Å². The number of hydrogen-bond donors (Lipinski definition) is 1. The molecule has 1 N–H and O–H groups in total. The molecule has 2 rings (SSSR count). The number of likely N-dealkylation sites (N-methyl/N-ethyl adjacent to an activating group) is 2. The number of carbonyl (C=O) groups is 1. The fourth-order valence-corrected chi connectivity index (χ4v) is 2.64. The minimum absolute atomic E-state index is 0.187. The first-order valence-corrected chi connectivity index (χ1v) is 7.50. The van der Waals surface area contributed by atoms with Crippen molar-refractivity contribution in [1.29, 1.82) is 0 Å². The molecule has 4 nitrogen and oxygen atoms in total. The summed E-state index contributed by atoms with van der Waals surface area (Å²) in [7, 11) is 1.94. The van der Waals surface area contributed by atoms with Crippen molar-refractivity contribution in [2.45, 2.75) is 13.3 Å². The quantitative estimate of drug-likeness (QED) is 0.878. The van der Waals surface area contributed by atoms with E-state index in [4.69, 9.17) is 0 Å². The normalized spacial score (nSPS) is 16.4. The average Bonchev–Trinajstić information content (AvgIpc) is 2.52. The van der Waals surface area contributed by atoms with Gasteiger partial charge in [0.2, 0.25) is 0 Å². The number of benzene rings is 1. The third kappa shape index (κ3) is 3.58. The van der Waals surface area contributed by atoms with E-state index < -0.39 is 0 Å². The van der Waals surface area contributed by atoms with Crippen LogP contribution in [0.3, 0.4) is 0 Å². The minimum atomic E-state index is 0.187. The average molecular weight is 275 g/mol. The van der Waals surface area contributed by atoms with Crippen molar-refractivity contribution in [3.05, 3.63) is 35.4 Å². The van der Waals surface area contributed by atoms with Gasteiger partial charge in [0.1, 0.15) is 0 Å². The fourth-order valence-electron chi connectivity index (χ4n) is 2.64. The SMILES string of the molecule is CCN1CCN(C(=O)c2ccccc2CCNC)CC1. The molecule has 1 aromatic rings. The molecule has 0 saturated carbocycles. The molecule has 1 aliphatic rings. The smallest absolute Gasteiger partial charge is 0.254 e. The zero-order valence-electron chi connectivity index (χ0n) is 12.6. The lowest BCUT2D eigenvalue weighted by Gasteiger charge is -2.34. The first-order valence-electron chi connectivity index (χ1n) is 7.50. The van der Waals surface area contributed by atoms with Crippen LogP contribution in [0.1, 0.15) is 22.8 Å². The monoisotopic (exact) mass is 275 g/mol. The summed E-state index contributed by atoms with van der Waals surface area (Å²) in [6.45, 7) is 7.79. The largest absolute Gasteiger partial charge is 0.336 e. The Balaban J connectivity index is 2.05. The maximum absolute atomic E-state index is 12.7. The number of carbonyl (C=O) groups excluding carboxylic acids is 1. The molecule has 0 atom stereocenters. The van der Waals surface area contributed by atoms with Crippen LogP contribution in [0.25, 0.3) is 0 Å². The van der Waals surface area contributed by atoms with Crippen molar-refractivity contribution < 1.29 is 4.79 Å². The van der Waals surface area contributed by atoms with Gasteiger partial charge in [0.15, 0.2) is 0 Å². The number of nitrogens with one attached hydrogen (secondary N) is 1. The standard InChI is InChI=1S/C16H25N3O/c1-3-18-10-12-19(13-11-18)16(20)15-7-5-4-6-14(15)8-9-17-2/h4-7,17H,3,8-13H2,1-2H3. The number of hydrogen-bond acceptors (Lipinski definition) is 3. The van der Waals surface area contributed by atoms with Gasteiger partial charge in [-0.2, -0.15) is 0 Å². The molecule has 0 bridgehead atoms. The number of rotatable bonds is 5. The lowest BCUT2D eigenvalue weighted by molar-refractivity contribution is 0.0642. The minimum Gasteiger partial charge on any atom is -0.336 e. The molecule has 4 heteroatoms. The predicted molar refractivity (Wildman–Crippen MR) is 82.1 cm³/mol. The van der Waals surface area contributed by atoms with Gasteiger partial charge in [0, 0.05) is 31.7 Å². The Bertz CT molecular complexity index is 439. The Labute approximate surface area is 121 Å². The molecule has 0 aromatic heterocycles. The van der Waals surface area contributed by atoms with Gasteiger partial charge < -0.3 is 15.1 Å². The summed E-state index contributed by atoms with van der Waals surface area (Å²) in [4.78, 5) is 17.0. The molecule has 1 saturated heterocycles. The fraction of sp³-hybridized carbons (Fsp3) is 0.562. The van der Waals surface area contributed by atoms with E-state index in [-0.39, 0.29) is 5.91 Å². The van der Waals surface area contributed by atoms with Gasteiger partial charge >= 0.3 is 0 Å². The van der Waals surface area contributed by atoms with Gasteiger partial charge in [-0.3, -0.25) is 4.79 Å². The second-order valence-corrected chi connectivity index (χ2v) is 5.24. The molecular weight excluding hydrogens is 250 g/mol. The zero-order valence-corrected chi connectivity index (χ0v) is 12.6. The predicted octanol–water partition coefficient (Wildman–Crippen LogP) is 1.23. The summed E-state index contributed by atoms with van der Waals surface area (Å²) >= 11 is 0. The van der Waals surface area contributed by atoms with Gasteiger partial charge in [-0.25, -0.2) is 0 Å². The highest BCUT2D eigenvalue weighted by atomic mass is 16.2. The summed E-state index contributed by atoms with van der Waals surface area (Å²) in [6, 6.07) is 7.99. The van der Waals surface area contributed by atoms with Gasteiger partial charge in [0.25, 0.3) is 5.91 Å². The topological polar surface area (TPSA) is 35.6 Å². The van der Waals surface area contributed by atoms with Crippen molar-refractivity contribution in [1.82, 2.24) is 15.1 Å². The van der Waals surface area contributed by atoms with Crippen LogP contribution < -0.4 is 5.32 Å². The van der Waals surface area contributed by atoms with Crippen LogP contribution in [0.15, 0.2) is 24.3 Å². The van der Waals surface area contributed by atoms with Crippen LogP contribution in [-0.2, 0) is 6.42 Å². The van der Waals surface area contributed by atoms with Crippen LogP contribution in [0.4, 0.5) is 0 Å². The van der Waals surface area contributed by atoms with E-state index in [1.54, 1.807) is 0 Å². The van der Waals surface area contributed by atoms with E-state index in [9.17, 15) is 4.79 Å². The number of nitrogens with zero attached hydrogens (tertiary/aromatic N) is 2. The summed E-state index contributed by atoms with van der Waals surface area (Å²) in [5.41, 5.74) is 2.01. The lowest BCUT2D eigenvalue weighted by atomic mass is 10.0. The van der Waals surface area contributed by atoms with Crippen molar-refractivity contribution in [2.75, 3.05) is 46.3 Å². The maximum Gasteiger partial charge on any atom is 0.254 e. The van der Waals surface area contributed by atoms with E-state index in [0.29, 0.717) is 0 Å². The molecule has 0 aliphatic carbocycles. The van der Waals surface area contributed by atoms with Crippen molar-refractivity contribution in [2.24, 2.45) is 0 Å². The third-order valence-corrected chi connectivity index (χ3v) is 4.00. The van der Waals surface area contributed by atoms with E-state index in [0.717, 1.165) is 56.8 Å². The highest BCUT2D eigenvalue weighted by molar-refractivity contribution is 5.95. The molecule has 1 aromatic carbocycles. The highest BCUT2D eigenvalue weighted by Gasteiger charge is 2.22. The zero-order chi connectivity index (χ0) is 14.4. The summed E-state index contributed by atoms with van der Waals surface area (Å²) in [5.74, 6) is 0.187. The van der Waals surface area contributed by atoms with Crippen molar-refractivity contribution in [3.63, 3.8) is 0 Å². The molecule has 1 amide bonds. The van der Waals surface area contributed by atoms with Gasteiger partial charge in [-0.15, -0.1) is 0 Å². The second kappa shape index (κ2) is 7.41. The highest BCUT2D eigenvalue weighted by Crippen LogP contribution is 2.14. The molecule has 1 heterocycles. The first kappa shape index (κ1) is 15.0. The van der Waals surface area contributed by atoms with E-state index >= 15 is 0 Å². The molecule has 1 fully saturated rings. The summed E-state index contributed by atoms with van der Waals surface area (Å²) in [5, 5.41) is 3.14. The Morgan fingerprint density at radius 2 is 1.90 bits per heavy atom. The Kier molecular flexibility index (Phi) is 5.56. The van der Waals surface area contributed by atoms with Crippen LogP contribution >= 0.6 is 0 Å². The van der Waals surface area contributed by atoms with Gasteiger partial charge in [-0.1, -0.05) is 25.1 Å². The lowest BCUT2D eigenvalue weighted by Crippen LogP contribution is -2.48. The summed E-state index contributed by atoms with van der Waals surface area (Å²) < 4.78 is 0. The Morgan fingerprint density at radius 3 is 2.55 bits per heavy atom. The Hall–Kier alpha value is -1.39. The van der Waals surface area contributed by atoms with E-state index in [1.807, 2.05) is 30.1 Å². The molecule has 1 aliphatic heterocycles. The van der Waals surface area contributed by atoms with Gasteiger partial charge in [-0.05, 0) is 38.2 Å². The van der Waals surface area contributed by atoms with Crippen molar-refractivity contribution >= 4 is 5.91 Å². The third-order valence-electron chi connectivity index (χ3n) is 4.00. The van der Waals surface area contributed by atoms with Crippen LogP contribution in [0, 0.1) is 0 Å². The first-order chi connectivity index (χ1) is 9.76. The molecule has 110 valence electrons. The van der Waals surface area contributed by atoms with E-state index in [1.165, 1.54) is 0 Å². The second-order valence-electron chi connectivity index (χ2n) is 5.24. The van der Waals surface area contributed by atoms with Crippen LogP contribution in [0.5, 0.6) is 0 Å². The molecule has 20 heavy (non-hydrogen) atoms. The molecule has 0 unspecified atom stereocenters. The van der Waals surface area contributed by atoms with E-state index in [2.05, 4.69) is 23.2 Å². The van der Waals surface area contributed by atoms with Gasteiger partial charge in [0.05, 0.1) is 0 Å². The molecule has 0 radical (unpaired) electrons. The molecular formula is C16H25N3O. The Morgan fingerprint density at radius 1 is 1.20 bits per heavy atom. The maximum atomic E-state index is 12.7. The van der Waals surface area contributed by atoms with Crippen LogP contribution in [-0.4, -0.2) is 62.0 Å². The summed E-state index contributed by atoms with van der Waals surface area (Å²) in [6.07, 6.45) is 0.896. The number of piperazine rings is 1. The van der Waals surface area contributed by atoms with Crippen LogP contribution in [0.2, 0.25) is 0 Å².